The van der Waals surface area contributed by atoms with Gasteiger partial charge in [0.15, 0.2) is 0 Å². The van der Waals surface area contributed by atoms with E-state index < -0.39 is 20.9 Å². The molecule has 12 nitrogen and oxygen atoms in total. The normalized spacial score (nSPS) is 11.1. The van der Waals surface area contributed by atoms with Crippen LogP contribution >= 0.6 is 0 Å². The van der Waals surface area contributed by atoms with E-state index in [-0.39, 0.29) is 44.8 Å². The Bertz CT molecular complexity index is 1580. The minimum absolute atomic E-state index is 0.0134. The first-order chi connectivity index (χ1) is 18.0. The van der Waals surface area contributed by atoms with Crippen LogP contribution in [0, 0.1) is 21.4 Å². The molecule has 194 valence electrons. The van der Waals surface area contributed by atoms with Crippen molar-refractivity contribution >= 4 is 45.1 Å². The van der Waals surface area contributed by atoms with Crippen molar-refractivity contribution in [3.63, 3.8) is 0 Å². The Kier molecular flexibility index (Phi) is 8.41. The maximum atomic E-state index is 12.7. The van der Waals surface area contributed by atoms with E-state index in [4.69, 9.17) is 8.92 Å². The van der Waals surface area contributed by atoms with Gasteiger partial charge in [-0.05, 0) is 54.1 Å². The minimum Gasteiger partial charge on any atom is -0.495 e. The van der Waals surface area contributed by atoms with Gasteiger partial charge in [-0.15, -0.1) is 0 Å². The van der Waals surface area contributed by atoms with Crippen LogP contribution in [0.2, 0.25) is 0 Å². The number of amides is 2. The molecule has 0 bridgehead atoms. The van der Waals surface area contributed by atoms with E-state index in [0.29, 0.717) is 5.69 Å². The number of nitro groups is 1. The molecule has 38 heavy (non-hydrogen) atoms. The molecule has 0 aliphatic rings. The number of ether oxygens (including phenoxy) is 1. The Morgan fingerprint density at radius 1 is 1.05 bits per heavy atom. The molecule has 0 heterocycles. The first-order valence-corrected chi connectivity index (χ1v) is 12.1. The summed E-state index contributed by atoms with van der Waals surface area (Å²) in [5, 5.41) is 25.5. The first kappa shape index (κ1) is 27.4. The molecule has 0 spiro atoms. The second-order valence-corrected chi connectivity index (χ2v) is 9.13. The third-order valence-corrected chi connectivity index (χ3v) is 6.11. The number of nitrogens with zero attached hydrogens (tertiary/aromatic N) is 2. The smallest absolute Gasteiger partial charge is 0.339 e. The third-order valence-electron chi connectivity index (χ3n) is 4.85. The summed E-state index contributed by atoms with van der Waals surface area (Å²) in [7, 11) is -2.92. The van der Waals surface area contributed by atoms with Gasteiger partial charge in [0.25, 0.3) is 11.6 Å². The van der Waals surface area contributed by atoms with Crippen molar-refractivity contribution in [3.8, 4) is 17.6 Å². The molecule has 0 saturated carbocycles. The minimum atomic E-state index is -4.23. The van der Waals surface area contributed by atoms with Gasteiger partial charge in [0.2, 0.25) is 5.91 Å². The van der Waals surface area contributed by atoms with E-state index >= 15 is 0 Å². The summed E-state index contributed by atoms with van der Waals surface area (Å²) in [5.41, 5.74) is 0.0112. The monoisotopic (exact) mass is 536 g/mol. The average Bonchev–Trinajstić information content (AvgIpc) is 2.87. The lowest BCUT2D eigenvalue weighted by Gasteiger charge is -2.10. The molecule has 0 radical (unpaired) electrons. The Morgan fingerprint density at radius 2 is 1.76 bits per heavy atom. The van der Waals surface area contributed by atoms with Gasteiger partial charge in [0, 0.05) is 24.7 Å². The van der Waals surface area contributed by atoms with E-state index in [1.165, 1.54) is 80.8 Å². The number of carbonyl (C=O) groups is 2. The average molecular weight is 537 g/mol. The molecule has 0 aliphatic carbocycles. The molecule has 2 amide bonds. The van der Waals surface area contributed by atoms with Crippen molar-refractivity contribution < 1.29 is 31.9 Å². The zero-order chi connectivity index (χ0) is 27.9. The highest BCUT2D eigenvalue weighted by Gasteiger charge is 2.18. The summed E-state index contributed by atoms with van der Waals surface area (Å²) >= 11 is 0. The van der Waals surface area contributed by atoms with Gasteiger partial charge in [0.1, 0.15) is 28.0 Å². The summed E-state index contributed by atoms with van der Waals surface area (Å²) in [5.74, 6) is -1.12. The number of benzene rings is 3. The number of rotatable bonds is 9. The number of carbonyl (C=O) groups excluding carboxylic acids is 2. The van der Waals surface area contributed by atoms with Crippen molar-refractivity contribution in [3.05, 3.63) is 88.0 Å². The van der Waals surface area contributed by atoms with Crippen LogP contribution < -0.4 is 19.6 Å². The first-order valence-electron chi connectivity index (χ1n) is 10.7. The van der Waals surface area contributed by atoms with Crippen LogP contribution in [0.5, 0.6) is 11.5 Å². The van der Waals surface area contributed by atoms with E-state index in [1.54, 1.807) is 6.07 Å². The molecule has 0 saturated heterocycles. The second-order valence-electron chi connectivity index (χ2n) is 7.58. The summed E-state index contributed by atoms with van der Waals surface area (Å²) < 4.78 is 35.6. The predicted molar refractivity (Wildman–Crippen MR) is 137 cm³/mol. The molecule has 2 N–H and O–H groups in total. The van der Waals surface area contributed by atoms with Crippen LogP contribution in [0.4, 0.5) is 17.1 Å². The Hall–Kier alpha value is -5.22. The van der Waals surface area contributed by atoms with Crippen molar-refractivity contribution in [2.75, 3.05) is 17.7 Å². The van der Waals surface area contributed by atoms with Gasteiger partial charge in [-0.2, -0.15) is 13.7 Å². The van der Waals surface area contributed by atoms with Crippen LogP contribution in [-0.2, 0) is 19.7 Å². The number of nitrogens with one attached hydrogen (secondary N) is 2. The topological polar surface area (TPSA) is 178 Å². The maximum Gasteiger partial charge on any atom is 0.339 e. The number of methoxy groups -OCH3 is 1. The van der Waals surface area contributed by atoms with E-state index in [1.807, 2.05) is 0 Å². The molecule has 3 rings (SSSR count). The molecule has 3 aromatic carbocycles. The largest absolute Gasteiger partial charge is 0.495 e. The van der Waals surface area contributed by atoms with E-state index in [0.717, 1.165) is 6.07 Å². The molecule has 3 aromatic rings. The summed E-state index contributed by atoms with van der Waals surface area (Å²) in [4.78, 5) is 34.1. The van der Waals surface area contributed by atoms with Crippen molar-refractivity contribution in [1.29, 1.82) is 5.26 Å². The molecule has 0 unspecified atom stereocenters. The number of hydrogen-bond donors (Lipinski definition) is 2. The molecule has 0 aromatic heterocycles. The lowest BCUT2D eigenvalue weighted by atomic mass is 10.1. The lowest BCUT2D eigenvalue weighted by Crippen LogP contribution is -2.14. The van der Waals surface area contributed by atoms with Crippen LogP contribution in [0.3, 0.4) is 0 Å². The van der Waals surface area contributed by atoms with Gasteiger partial charge in [-0.3, -0.25) is 19.7 Å². The molecule has 0 aliphatic heterocycles. The fourth-order valence-electron chi connectivity index (χ4n) is 3.15. The standard InChI is InChI=1S/C25H20N4O8S/c1-16(30)27-19-6-9-22(10-7-19)38(34,35)37-21-5-3-4-17(13-21)12-18(15-26)25(31)28-23-14-20(29(32)33)8-11-24(23)36-2/h3-14H,1-2H3,(H,27,30)(H,28,31)/b18-12+. The SMILES string of the molecule is COc1ccc([N+](=O)[O-])cc1NC(=O)/C(C#N)=C/c1cccc(OS(=O)(=O)c2ccc(NC(C)=O)cc2)c1. The summed E-state index contributed by atoms with van der Waals surface area (Å²) in [6.45, 7) is 1.32. The highest BCUT2D eigenvalue weighted by Crippen LogP contribution is 2.29. The van der Waals surface area contributed by atoms with Crippen LogP contribution in [0.1, 0.15) is 12.5 Å². The van der Waals surface area contributed by atoms with Gasteiger partial charge in [-0.1, -0.05) is 12.1 Å². The number of nitriles is 1. The quantitative estimate of drug-likeness (QED) is 0.135. The molecule has 0 fully saturated rings. The highest BCUT2D eigenvalue weighted by molar-refractivity contribution is 7.87. The van der Waals surface area contributed by atoms with Crippen molar-refractivity contribution in [1.82, 2.24) is 0 Å². The number of anilines is 2. The van der Waals surface area contributed by atoms with Gasteiger partial charge in [0.05, 0.1) is 17.7 Å². The molecule has 0 atom stereocenters. The van der Waals surface area contributed by atoms with Crippen molar-refractivity contribution in [2.24, 2.45) is 0 Å². The zero-order valence-corrected chi connectivity index (χ0v) is 20.8. The van der Waals surface area contributed by atoms with Crippen LogP contribution in [0.15, 0.2) is 77.2 Å². The number of nitro benzene ring substituents is 1. The van der Waals surface area contributed by atoms with Crippen LogP contribution in [0.25, 0.3) is 6.08 Å². The zero-order valence-electron chi connectivity index (χ0n) is 20.0. The Labute approximate surface area is 217 Å². The number of hydrogen-bond acceptors (Lipinski definition) is 9. The second kappa shape index (κ2) is 11.7. The highest BCUT2D eigenvalue weighted by atomic mass is 32.2. The summed E-state index contributed by atoms with van der Waals surface area (Å²) in [6, 6.07) is 16.4. The van der Waals surface area contributed by atoms with E-state index in [2.05, 4.69) is 10.6 Å². The van der Waals surface area contributed by atoms with Gasteiger partial charge in [-0.25, -0.2) is 0 Å². The summed E-state index contributed by atoms with van der Waals surface area (Å²) in [6.07, 6.45) is 1.20. The third kappa shape index (κ3) is 6.93. The lowest BCUT2D eigenvalue weighted by molar-refractivity contribution is -0.384. The Morgan fingerprint density at radius 3 is 2.37 bits per heavy atom. The molecular weight excluding hydrogens is 516 g/mol. The maximum absolute atomic E-state index is 12.7. The van der Waals surface area contributed by atoms with Gasteiger partial charge >= 0.3 is 10.1 Å². The fourth-order valence-corrected chi connectivity index (χ4v) is 4.07. The predicted octanol–water partition coefficient (Wildman–Crippen LogP) is 3.88. The number of non-ortho nitro benzene ring substituents is 1. The Balaban J connectivity index is 1.81. The van der Waals surface area contributed by atoms with E-state index in [9.17, 15) is 33.4 Å². The van der Waals surface area contributed by atoms with Gasteiger partial charge < -0.3 is 19.6 Å². The van der Waals surface area contributed by atoms with Crippen molar-refractivity contribution in [2.45, 2.75) is 11.8 Å². The fraction of sp³-hybridized carbons (Fsp3) is 0.0800. The molecular formula is C25H20N4O8S. The molecule has 13 heteroatoms. The van der Waals surface area contributed by atoms with Crippen LogP contribution in [-0.4, -0.2) is 32.3 Å².